The van der Waals surface area contributed by atoms with Gasteiger partial charge in [-0.25, -0.2) is 4.79 Å². The number of hydrogen-bond donors (Lipinski definition) is 2. The fraction of sp³-hybridized carbons (Fsp3) is 0.375. The maximum absolute atomic E-state index is 12.3. The van der Waals surface area contributed by atoms with Crippen molar-refractivity contribution in [1.82, 2.24) is 35.0 Å². The first-order valence-corrected chi connectivity index (χ1v) is 8.56. The van der Waals surface area contributed by atoms with Crippen LogP contribution in [0.3, 0.4) is 0 Å². The highest BCUT2D eigenvalue weighted by atomic mass is 16.5. The maximum Gasteiger partial charge on any atom is 0.317 e. The standard InChI is InChI=1S/C16H18N8O3/c17-13(25)14-19-12(27-22-14)9-18-16(26)23-7-4-10(5-8-23)15-21-20-11-3-1-2-6-24(11)15/h1-3,6,10H,4-5,7-9H2,(H2,17,25)(H,18,26). The van der Waals surface area contributed by atoms with Crippen LogP contribution in [0.5, 0.6) is 0 Å². The maximum atomic E-state index is 12.3. The Morgan fingerprint density at radius 2 is 2.07 bits per heavy atom. The molecule has 0 aliphatic carbocycles. The van der Waals surface area contributed by atoms with Crippen molar-refractivity contribution in [2.24, 2.45) is 5.73 Å². The van der Waals surface area contributed by atoms with Crippen LogP contribution in [0.15, 0.2) is 28.9 Å². The van der Waals surface area contributed by atoms with Crippen molar-refractivity contribution in [3.8, 4) is 0 Å². The van der Waals surface area contributed by atoms with Gasteiger partial charge in [0.1, 0.15) is 5.82 Å². The minimum atomic E-state index is -0.778. The summed E-state index contributed by atoms with van der Waals surface area (Å²) >= 11 is 0. The highest BCUT2D eigenvalue weighted by Gasteiger charge is 2.27. The number of amides is 3. The Balaban J connectivity index is 1.32. The van der Waals surface area contributed by atoms with Crippen molar-refractivity contribution in [3.63, 3.8) is 0 Å². The van der Waals surface area contributed by atoms with Crippen molar-refractivity contribution < 1.29 is 14.1 Å². The second-order valence-corrected chi connectivity index (χ2v) is 6.28. The molecule has 0 bridgehead atoms. The topological polar surface area (TPSA) is 145 Å². The van der Waals surface area contributed by atoms with Gasteiger partial charge < -0.3 is 20.5 Å². The van der Waals surface area contributed by atoms with Crippen molar-refractivity contribution in [2.45, 2.75) is 25.3 Å². The van der Waals surface area contributed by atoms with Crippen LogP contribution in [-0.4, -0.2) is 54.7 Å². The molecular formula is C16H18N8O3. The molecule has 0 radical (unpaired) electrons. The molecule has 0 unspecified atom stereocenters. The van der Waals surface area contributed by atoms with Gasteiger partial charge >= 0.3 is 6.03 Å². The van der Waals surface area contributed by atoms with E-state index in [0.29, 0.717) is 13.1 Å². The monoisotopic (exact) mass is 370 g/mol. The summed E-state index contributed by atoms with van der Waals surface area (Å²) in [5.74, 6) is 0.318. The van der Waals surface area contributed by atoms with E-state index in [1.54, 1.807) is 4.90 Å². The normalized spacial score (nSPS) is 15.2. The molecule has 0 saturated carbocycles. The molecule has 11 heteroatoms. The van der Waals surface area contributed by atoms with Gasteiger partial charge in [0.25, 0.3) is 11.7 Å². The van der Waals surface area contributed by atoms with Gasteiger partial charge in [-0.1, -0.05) is 11.2 Å². The number of hydrogen-bond acceptors (Lipinski definition) is 7. The number of nitrogens with one attached hydrogen (secondary N) is 1. The van der Waals surface area contributed by atoms with Crippen molar-refractivity contribution in [1.29, 1.82) is 0 Å². The third-order valence-corrected chi connectivity index (χ3v) is 4.57. The van der Waals surface area contributed by atoms with Gasteiger partial charge in [0.15, 0.2) is 5.65 Å². The SMILES string of the molecule is NC(=O)c1noc(CNC(=O)N2CCC(c3nnc4ccccn34)CC2)n1. The van der Waals surface area contributed by atoms with E-state index in [9.17, 15) is 9.59 Å². The molecular weight excluding hydrogens is 352 g/mol. The molecule has 140 valence electrons. The Labute approximate surface area is 153 Å². The van der Waals surface area contributed by atoms with Crippen LogP contribution in [0.1, 0.15) is 41.1 Å². The number of primary amides is 1. The van der Waals surface area contributed by atoms with Crippen molar-refractivity contribution in [2.75, 3.05) is 13.1 Å². The molecule has 3 aromatic heterocycles. The van der Waals surface area contributed by atoms with Gasteiger partial charge in [0, 0.05) is 25.2 Å². The molecule has 1 fully saturated rings. The van der Waals surface area contributed by atoms with Crippen LogP contribution in [-0.2, 0) is 6.54 Å². The Hall–Kier alpha value is -3.50. The van der Waals surface area contributed by atoms with Gasteiger partial charge in [-0.3, -0.25) is 9.20 Å². The lowest BCUT2D eigenvalue weighted by Crippen LogP contribution is -2.44. The average Bonchev–Trinajstić information content (AvgIpc) is 3.33. The summed E-state index contributed by atoms with van der Waals surface area (Å²) < 4.78 is 6.85. The molecule has 4 heterocycles. The predicted octanol–water partition coefficient (Wildman–Crippen LogP) is 0.300. The van der Waals surface area contributed by atoms with Gasteiger partial charge in [-0.15, -0.1) is 10.2 Å². The largest absolute Gasteiger partial charge is 0.363 e. The molecule has 1 saturated heterocycles. The number of likely N-dealkylation sites (tertiary alicyclic amines) is 1. The third kappa shape index (κ3) is 3.43. The fourth-order valence-corrected chi connectivity index (χ4v) is 3.17. The first-order valence-electron chi connectivity index (χ1n) is 8.56. The second kappa shape index (κ2) is 7.02. The Morgan fingerprint density at radius 1 is 1.26 bits per heavy atom. The van der Waals surface area contributed by atoms with E-state index >= 15 is 0 Å². The number of carbonyl (C=O) groups excluding carboxylic acids is 2. The molecule has 27 heavy (non-hydrogen) atoms. The number of aromatic nitrogens is 5. The van der Waals surface area contributed by atoms with Gasteiger partial charge in [-0.2, -0.15) is 4.98 Å². The van der Waals surface area contributed by atoms with E-state index in [0.717, 1.165) is 24.3 Å². The first-order chi connectivity index (χ1) is 13.1. The summed E-state index contributed by atoms with van der Waals surface area (Å²) in [7, 11) is 0. The summed E-state index contributed by atoms with van der Waals surface area (Å²) in [6, 6.07) is 5.57. The summed E-state index contributed by atoms with van der Waals surface area (Å²) in [4.78, 5) is 28.8. The Morgan fingerprint density at radius 3 is 2.81 bits per heavy atom. The number of nitrogens with zero attached hydrogens (tertiary/aromatic N) is 6. The summed E-state index contributed by atoms with van der Waals surface area (Å²) in [6.07, 6.45) is 3.56. The molecule has 1 aliphatic rings. The van der Waals surface area contributed by atoms with Crippen LogP contribution in [0.4, 0.5) is 4.79 Å². The van der Waals surface area contributed by atoms with Crippen molar-refractivity contribution >= 4 is 17.6 Å². The van der Waals surface area contributed by atoms with Crippen LogP contribution < -0.4 is 11.1 Å². The van der Waals surface area contributed by atoms with E-state index in [2.05, 4.69) is 25.7 Å². The zero-order chi connectivity index (χ0) is 18.8. The van der Waals surface area contributed by atoms with Crippen LogP contribution >= 0.6 is 0 Å². The van der Waals surface area contributed by atoms with E-state index in [4.69, 9.17) is 10.3 Å². The fourth-order valence-electron chi connectivity index (χ4n) is 3.17. The summed E-state index contributed by atoms with van der Waals surface area (Å²) in [5, 5.41) is 14.6. The van der Waals surface area contributed by atoms with Crippen molar-refractivity contribution in [3.05, 3.63) is 41.9 Å². The molecule has 3 amide bonds. The molecule has 1 aliphatic heterocycles. The molecule has 0 atom stereocenters. The highest BCUT2D eigenvalue weighted by molar-refractivity contribution is 5.88. The smallest absolute Gasteiger partial charge is 0.317 e. The van der Waals surface area contributed by atoms with E-state index in [1.165, 1.54) is 0 Å². The minimum Gasteiger partial charge on any atom is -0.363 e. The van der Waals surface area contributed by atoms with Crippen LogP contribution in [0, 0.1) is 0 Å². The average molecular weight is 370 g/mol. The lowest BCUT2D eigenvalue weighted by atomic mass is 9.96. The van der Waals surface area contributed by atoms with Gasteiger partial charge in [-0.05, 0) is 25.0 Å². The minimum absolute atomic E-state index is 0.0356. The number of piperidine rings is 1. The number of pyridine rings is 1. The molecule has 11 nitrogen and oxygen atoms in total. The number of urea groups is 1. The number of fused-ring (bicyclic) bond motifs is 1. The quantitative estimate of drug-likeness (QED) is 0.672. The lowest BCUT2D eigenvalue weighted by Gasteiger charge is -2.31. The molecule has 0 spiro atoms. The van der Waals surface area contributed by atoms with Crippen LogP contribution in [0.25, 0.3) is 5.65 Å². The van der Waals surface area contributed by atoms with E-state index in [-0.39, 0.29) is 30.2 Å². The molecule has 3 aromatic rings. The summed E-state index contributed by atoms with van der Waals surface area (Å²) in [5.41, 5.74) is 5.88. The Kier molecular flexibility index (Phi) is 4.40. The van der Waals surface area contributed by atoms with Gasteiger partial charge in [0.05, 0.1) is 6.54 Å². The summed E-state index contributed by atoms with van der Waals surface area (Å²) in [6.45, 7) is 1.25. The van der Waals surface area contributed by atoms with E-state index in [1.807, 2.05) is 28.8 Å². The molecule has 4 rings (SSSR count). The predicted molar refractivity (Wildman–Crippen MR) is 91.6 cm³/mol. The Bertz CT molecular complexity index is 973. The second-order valence-electron chi connectivity index (χ2n) is 6.28. The number of nitrogens with two attached hydrogens (primary N) is 1. The third-order valence-electron chi connectivity index (χ3n) is 4.57. The lowest BCUT2D eigenvalue weighted by molar-refractivity contribution is 0.0987. The van der Waals surface area contributed by atoms with Gasteiger partial charge in [0.2, 0.25) is 5.89 Å². The first kappa shape index (κ1) is 16.9. The number of rotatable bonds is 4. The van der Waals surface area contributed by atoms with Crippen LogP contribution in [0.2, 0.25) is 0 Å². The zero-order valence-electron chi connectivity index (χ0n) is 14.4. The molecule has 3 N–H and O–H groups in total. The highest BCUT2D eigenvalue weighted by Crippen LogP contribution is 2.27. The number of carbonyl (C=O) groups is 2. The zero-order valence-corrected chi connectivity index (χ0v) is 14.4. The van der Waals surface area contributed by atoms with E-state index < -0.39 is 5.91 Å². The molecule has 0 aromatic carbocycles.